The van der Waals surface area contributed by atoms with Gasteiger partial charge in [-0.2, -0.15) is 0 Å². The van der Waals surface area contributed by atoms with Gasteiger partial charge in [0.2, 0.25) is 5.91 Å². The summed E-state index contributed by atoms with van der Waals surface area (Å²) in [5, 5.41) is 2.75. The molecule has 0 aliphatic carbocycles. The lowest BCUT2D eigenvalue weighted by Crippen LogP contribution is -2.38. The third kappa shape index (κ3) is 4.23. The maximum atomic E-state index is 12.5. The van der Waals surface area contributed by atoms with E-state index in [4.69, 9.17) is 4.74 Å². The quantitative estimate of drug-likeness (QED) is 0.889. The number of nitrogens with zero attached hydrogens (tertiary/aromatic N) is 1. The minimum absolute atomic E-state index is 0.0617. The van der Waals surface area contributed by atoms with Gasteiger partial charge in [-0.15, -0.1) is 0 Å². The van der Waals surface area contributed by atoms with E-state index in [0.717, 1.165) is 29.7 Å². The number of hydrogen-bond acceptors (Lipinski definition) is 3. The number of aryl methyl sites for hydroxylation is 1. The second-order valence-electron chi connectivity index (χ2n) is 6.78. The van der Waals surface area contributed by atoms with Crippen LogP contribution in [0.4, 0.5) is 16.2 Å². The lowest BCUT2D eigenvalue weighted by Gasteiger charge is -2.31. The Kier molecular flexibility index (Phi) is 5.56. The van der Waals surface area contributed by atoms with Crippen LogP contribution < -0.4 is 10.2 Å². The summed E-state index contributed by atoms with van der Waals surface area (Å²) in [7, 11) is 0. The topological polar surface area (TPSA) is 58.6 Å². The van der Waals surface area contributed by atoms with Crippen LogP contribution in [-0.4, -0.2) is 18.5 Å². The standard InChI is InChI=1S/C21H24N2O3/c1-15(2)20(24)23-12-6-9-17-10-11-18(13-19(17)23)22-21(25)26-14-16-7-4-3-5-8-16/h3-5,7-8,10-11,13,15H,6,9,12,14H2,1-2H3,(H,22,25). The molecule has 26 heavy (non-hydrogen) atoms. The number of anilines is 2. The van der Waals surface area contributed by atoms with Gasteiger partial charge >= 0.3 is 6.09 Å². The summed E-state index contributed by atoms with van der Waals surface area (Å²) in [6, 6.07) is 15.2. The van der Waals surface area contributed by atoms with E-state index >= 15 is 0 Å². The first kappa shape index (κ1) is 18.0. The molecular weight excluding hydrogens is 328 g/mol. The molecule has 136 valence electrons. The molecule has 5 heteroatoms. The van der Waals surface area contributed by atoms with Crippen molar-refractivity contribution >= 4 is 23.4 Å². The summed E-state index contributed by atoms with van der Waals surface area (Å²) < 4.78 is 5.26. The highest BCUT2D eigenvalue weighted by Gasteiger charge is 2.24. The molecule has 0 saturated carbocycles. The van der Waals surface area contributed by atoms with Gasteiger partial charge in [-0.05, 0) is 36.1 Å². The van der Waals surface area contributed by atoms with Crippen molar-refractivity contribution in [3.05, 3.63) is 59.7 Å². The molecule has 0 unspecified atom stereocenters. The number of amides is 2. The van der Waals surface area contributed by atoms with Gasteiger partial charge in [-0.3, -0.25) is 10.1 Å². The van der Waals surface area contributed by atoms with Crippen LogP contribution in [0, 0.1) is 5.92 Å². The largest absolute Gasteiger partial charge is 0.444 e. The van der Waals surface area contributed by atoms with Gasteiger partial charge in [0.25, 0.3) is 0 Å². The zero-order valence-corrected chi connectivity index (χ0v) is 15.2. The number of ether oxygens (including phenoxy) is 1. The molecule has 0 spiro atoms. The fourth-order valence-electron chi connectivity index (χ4n) is 3.07. The Morgan fingerprint density at radius 1 is 1.15 bits per heavy atom. The Morgan fingerprint density at radius 2 is 1.92 bits per heavy atom. The van der Waals surface area contributed by atoms with E-state index in [1.807, 2.05) is 67.3 Å². The molecule has 0 atom stereocenters. The zero-order chi connectivity index (χ0) is 18.5. The Morgan fingerprint density at radius 3 is 2.65 bits per heavy atom. The monoisotopic (exact) mass is 352 g/mol. The van der Waals surface area contributed by atoms with E-state index in [1.54, 1.807) is 0 Å². The van der Waals surface area contributed by atoms with E-state index in [9.17, 15) is 9.59 Å². The molecule has 2 aromatic rings. The molecule has 0 saturated heterocycles. The van der Waals surface area contributed by atoms with Gasteiger partial charge in [-0.25, -0.2) is 4.79 Å². The van der Waals surface area contributed by atoms with Crippen molar-refractivity contribution < 1.29 is 14.3 Å². The maximum Gasteiger partial charge on any atom is 0.411 e. The molecule has 1 heterocycles. The average Bonchev–Trinajstić information content (AvgIpc) is 2.66. The van der Waals surface area contributed by atoms with E-state index in [0.29, 0.717) is 12.2 Å². The summed E-state index contributed by atoms with van der Waals surface area (Å²) in [5.74, 6) is 0.0446. The fourth-order valence-corrected chi connectivity index (χ4v) is 3.07. The van der Waals surface area contributed by atoms with E-state index in [-0.39, 0.29) is 18.4 Å². The molecule has 3 rings (SSSR count). The smallest absolute Gasteiger partial charge is 0.411 e. The van der Waals surface area contributed by atoms with Crippen LogP contribution in [0.25, 0.3) is 0 Å². The van der Waals surface area contributed by atoms with Crippen LogP contribution >= 0.6 is 0 Å². The van der Waals surface area contributed by atoms with Crippen molar-refractivity contribution in [1.29, 1.82) is 0 Å². The number of carbonyl (C=O) groups is 2. The van der Waals surface area contributed by atoms with E-state index in [2.05, 4.69) is 5.32 Å². The average molecular weight is 352 g/mol. The van der Waals surface area contributed by atoms with Crippen LogP contribution in [0.5, 0.6) is 0 Å². The van der Waals surface area contributed by atoms with E-state index < -0.39 is 6.09 Å². The van der Waals surface area contributed by atoms with Gasteiger partial charge in [0, 0.05) is 23.8 Å². The summed E-state index contributed by atoms with van der Waals surface area (Å²) >= 11 is 0. The Balaban J connectivity index is 1.68. The first-order valence-corrected chi connectivity index (χ1v) is 8.96. The number of carbonyl (C=O) groups excluding carboxylic acids is 2. The second-order valence-corrected chi connectivity index (χ2v) is 6.78. The normalized spacial score (nSPS) is 13.3. The Labute approximate surface area is 154 Å². The summed E-state index contributed by atoms with van der Waals surface area (Å²) in [5.41, 5.74) is 3.58. The van der Waals surface area contributed by atoms with Crippen LogP contribution in [0.3, 0.4) is 0 Å². The highest BCUT2D eigenvalue weighted by Crippen LogP contribution is 2.31. The van der Waals surface area contributed by atoms with Gasteiger partial charge in [0.15, 0.2) is 0 Å². The van der Waals surface area contributed by atoms with Gasteiger partial charge in [0.1, 0.15) is 6.61 Å². The predicted octanol–water partition coefficient (Wildman–Crippen LogP) is 4.37. The lowest BCUT2D eigenvalue weighted by molar-refractivity contribution is -0.121. The summed E-state index contributed by atoms with van der Waals surface area (Å²) in [6.07, 6.45) is 1.39. The molecule has 0 radical (unpaired) electrons. The highest BCUT2D eigenvalue weighted by molar-refractivity contribution is 5.97. The highest BCUT2D eigenvalue weighted by atomic mass is 16.5. The number of hydrogen-bond donors (Lipinski definition) is 1. The first-order valence-electron chi connectivity index (χ1n) is 8.96. The molecule has 2 amide bonds. The molecule has 0 fully saturated rings. The number of nitrogens with one attached hydrogen (secondary N) is 1. The van der Waals surface area contributed by atoms with Crippen LogP contribution in [0.2, 0.25) is 0 Å². The van der Waals surface area contributed by atoms with Gasteiger partial charge < -0.3 is 9.64 Å². The number of fused-ring (bicyclic) bond motifs is 1. The van der Waals surface area contributed by atoms with Crippen LogP contribution in [-0.2, 0) is 22.6 Å². The zero-order valence-electron chi connectivity index (χ0n) is 15.2. The predicted molar refractivity (Wildman–Crippen MR) is 102 cm³/mol. The van der Waals surface area contributed by atoms with Crippen molar-refractivity contribution in [2.24, 2.45) is 5.92 Å². The van der Waals surface area contributed by atoms with Crippen molar-refractivity contribution in [2.45, 2.75) is 33.3 Å². The molecule has 1 aliphatic heterocycles. The fraction of sp³-hybridized carbons (Fsp3) is 0.333. The lowest BCUT2D eigenvalue weighted by atomic mass is 9.99. The maximum absolute atomic E-state index is 12.5. The molecule has 5 nitrogen and oxygen atoms in total. The second kappa shape index (κ2) is 8.04. The first-order chi connectivity index (χ1) is 12.5. The summed E-state index contributed by atoms with van der Waals surface area (Å²) in [4.78, 5) is 26.4. The minimum Gasteiger partial charge on any atom is -0.444 e. The molecule has 2 aromatic carbocycles. The van der Waals surface area contributed by atoms with Crippen LogP contribution in [0.1, 0.15) is 31.4 Å². The number of benzene rings is 2. The van der Waals surface area contributed by atoms with Gasteiger partial charge in [-0.1, -0.05) is 50.2 Å². The molecule has 1 aliphatic rings. The van der Waals surface area contributed by atoms with Crippen molar-refractivity contribution in [3.8, 4) is 0 Å². The SMILES string of the molecule is CC(C)C(=O)N1CCCc2ccc(NC(=O)OCc3ccccc3)cc21. The Hall–Kier alpha value is -2.82. The Bertz CT molecular complexity index is 787. The van der Waals surface area contributed by atoms with Crippen LogP contribution in [0.15, 0.2) is 48.5 Å². The van der Waals surface area contributed by atoms with Crippen molar-refractivity contribution in [1.82, 2.24) is 0 Å². The van der Waals surface area contributed by atoms with Gasteiger partial charge in [0.05, 0.1) is 0 Å². The third-order valence-corrected chi connectivity index (χ3v) is 4.42. The number of rotatable bonds is 4. The molecule has 0 aromatic heterocycles. The molecule has 1 N–H and O–H groups in total. The molecule has 0 bridgehead atoms. The third-order valence-electron chi connectivity index (χ3n) is 4.42. The van der Waals surface area contributed by atoms with E-state index in [1.165, 1.54) is 0 Å². The van der Waals surface area contributed by atoms with Crippen molar-refractivity contribution in [2.75, 3.05) is 16.8 Å². The van der Waals surface area contributed by atoms with Crippen molar-refractivity contribution in [3.63, 3.8) is 0 Å². The molecular formula is C21H24N2O3. The summed E-state index contributed by atoms with van der Waals surface area (Å²) in [6.45, 7) is 4.74. The minimum atomic E-state index is -0.508.